The number of amides is 1. The average Bonchev–Trinajstić information content (AvgIpc) is 2.12. The zero-order chi connectivity index (χ0) is 9.84. The molecule has 0 aliphatic carbocycles. The van der Waals surface area contributed by atoms with E-state index in [1.807, 2.05) is 44.1 Å². The lowest BCUT2D eigenvalue weighted by Gasteiger charge is -2.33. The van der Waals surface area contributed by atoms with E-state index < -0.39 is 0 Å². The Morgan fingerprint density at radius 2 is 2.00 bits per heavy atom. The van der Waals surface area contributed by atoms with Crippen molar-refractivity contribution in [2.24, 2.45) is 0 Å². The van der Waals surface area contributed by atoms with Gasteiger partial charge in [0.05, 0.1) is 0 Å². The van der Waals surface area contributed by atoms with Crippen molar-refractivity contribution < 1.29 is 4.79 Å². The van der Waals surface area contributed by atoms with Gasteiger partial charge in [0.25, 0.3) is 5.91 Å². The van der Waals surface area contributed by atoms with Crippen LogP contribution in [0.5, 0.6) is 0 Å². The first-order valence-electron chi connectivity index (χ1n) is 4.52. The molecule has 0 aromatic rings. The number of carbonyl (C=O) groups excluding carboxylic acids is 1. The Balaban J connectivity index is 2.85. The first-order chi connectivity index (χ1) is 6.20. The van der Waals surface area contributed by atoms with Gasteiger partial charge in [0.2, 0.25) is 0 Å². The average molecular weight is 180 g/mol. The van der Waals surface area contributed by atoms with Crippen molar-refractivity contribution in [2.75, 3.05) is 20.1 Å². The third-order valence-corrected chi connectivity index (χ3v) is 2.15. The maximum Gasteiger partial charge on any atom is 0.269 e. The zero-order valence-corrected chi connectivity index (χ0v) is 8.45. The van der Waals surface area contributed by atoms with Gasteiger partial charge in [-0.1, -0.05) is 12.2 Å². The van der Waals surface area contributed by atoms with Gasteiger partial charge in [-0.15, -0.1) is 0 Å². The summed E-state index contributed by atoms with van der Waals surface area (Å²) in [6.45, 7) is 5.52. The van der Waals surface area contributed by atoms with Crippen LogP contribution in [0, 0.1) is 0 Å². The molecule has 0 bridgehead atoms. The van der Waals surface area contributed by atoms with Crippen molar-refractivity contribution >= 4 is 5.91 Å². The van der Waals surface area contributed by atoms with E-state index in [9.17, 15) is 4.79 Å². The van der Waals surface area contributed by atoms with Crippen molar-refractivity contribution in [2.45, 2.75) is 13.8 Å². The molecule has 0 aromatic carbocycles. The highest BCUT2D eigenvalue weighted by Gasteiger charge is 2.23. The predicted octanol–water partition coefficient (Wildman–Crippen LogP) is 1.20. The van der Waals surface area contributed by atoms with E-state index in [-0.39, 0.29) is 5.91 Å². The Bertz CT molecular complexity index is 256. The molecular formula is C10H16N2O. The lowest BCUT2D eigenvalue weighted by atomic mass is 10.2. The largest absolute Gasteiger partial charge is 0.342 e. The monoisotopic (exact) mass is 180 g/mol. The summed E-state index contributed by atoms with van der Waals surface area (Å²) in [5.41, 5.74) is 0.770. The van der Waals surface area contributed by atoms with E-state index in [1.54, 1.807) is 4.90 Å². The first kappa shape index (κ1) is 9.84. The summed E-state index contributed by atoms with van der Waals surface area (Å²) < 4.78 is 0. The fourth-order valence-electron chi connectivity index (χ4n) is 1.42. The van der Waals surface area contributed by atoms with Crippen LogP contribution in [0.4, 0.5) is 0 Å². The summed E-state index contributed by atoms with van der Waals surface area (Å²) in [4.78, 5) is 15.4. The molecule has 0 saturated carbocycles. The Morgan fingerprint density at radius 3 is 2.54 bits per heavy atom. The van der Waals surface area contributed by atoms with Gasteiger partial charge >= 0.3 is 0 Å². The Hall–Kier alpha value is -1.25. The first-order valence-corrected chi connectivity index (χ1v) is 4.52. The molecule has 0 atom stereocenters. The highest BCUT2D eigenvalue weighted by molar-refractivity contribution is 5.93. The van der Waals surface area contributed by atoms with Crippen LogP contribution < -0.4 is 0 Å². The van der Waals surface area contributed by atoms with Gasteiger partial charge < -0.3 is 9.80 Å². The van der Waals surface area contributed by atoms with Crippen LogP contribution in [0.3, 0.4) is 0 Å². The van der Waals surface area contributed by atoms with Gasteiger partial charge in [0, 0.05) is 20.1 Å². The lowest BCUT2D eigenvalue weighted by molar-refractivity contribution is -0.129. The molecular weight excluding hydrogens is 164 g/mol. The minimum atomic E-state index is 0.104. The number of rotatable bonds is 1. The summed E-state index contributed by atoms with van der Waals surface area (Å²) in [6.07, 6.45) is 5.75. The van der Waals surface area contributed by atoms with Gasteiger partial charge in [-0.2, -0.15) is 0 Å². The van der Waals surface area contributed by atoms with E-state index in [1.165, 1.54) is 0 Å². The minimum Gasteiger partial charge on any atom is -0.342 e. The zero-order valence-electron chi connectivity index (χ0n) is 8.45. The molecule has 1 aliphatic rings. The topological polar surface area (TPSA) is 23.6 Å². The molecule has 1 aliphatic heterocycles. The molecule has 1 amide bonds. The van der Waals surface area contributed by atoms with Crippen LogP contribution in [-0.4, -0.2) is 35.8 Å². The van der Waals surface area contributed by atoms with Crippen molar-refractivity contribution in [3.05, 3.63) is 24.0 Å². The van der Waals surface area contributed by atoms with Gasteiger partial charge in [0.15, 0.2) is 0 Å². The number of hydrogen-bond donors (Lipinski definition) is 0. The summed E-state index contributed by atoms with van der Waals surface area (Å²) in [5, 5.41) is 0. The smallest absolute Gasteiger partial charge is 0.269 e. The molecule has 3 nitrogen and oxygen atoms in total. The summed E-state index contributed by atoms with van der Waals surface area (Å²) >= 11 is 0. The van der Waals surface area contributed by atoms with Crippen molar-refractivity contribution in [3.8, 4) is 0 Å². The molecule has 0 unspecified atom stereocenters. The molecule has 72 valence electrons. The molecule has 0 aromatic heterocycles. The molecule has 1 fully saturated rings. The van der Waals surface area contributed by atoms with E-state index in [4.69, 9.17) is 0 Å². The molecule has 3 heteroatoms. The third-order valence-electron chi connectivity index (χ3n) is 2.15. The molecule has 1 saturated heterocycles. The number of piperazine rings is 1. The number of hydrogen-bond acceptors (Lipinski definition) is 2. The molecule has 0 radical (unpaired) electrons. The van der Waals surface area contributed by atoms with E-state index in [0.717, 1.165) is 18.8 Å². The molecule has 1 heterocycles. The minimum absolute atomic E-state index is 0.104. The van der Waals surface area contributed by atoms with E-state index in [0.29, 0.717) is 0 Å². The fourth-order valence-corrected chi connectivity index (χ4v) is 1.42. The van der Waals surface area contributed by atoms with Crippen LogP contribution in [0.1, 0.15) is 13.8 Å². The van der Waals surface area contributed by atoms with Crippen LogP contribution in [0.15, 0.2) is 24.0 Å². The summed E-state index contributed by atoms with van der Waals surface area (Å²) in [6, 6.07) is 0. The normalized spacial score (nSPS) is 22.1. The second kappa shape index (κ2) is 4.12. The molecule has 1 rings (SSSR count). The number of likely N-dealkylation sites (N-methyl/N-ethyl adjacent to an activating group) is 1. The number of nitrogens with zero attached hydrogens (tertiary/aromatic N) is 2. The SMILES string of the molecule is C/C=C\N1CCN(C)C(=O)/C1=C/C. The molecule has 13 heavy (non-hydrogen) atoms. The second-order valence-corrected chi connectivity index (χ2v) is 3.08. The Labute approximate surface area is 79.3 Å². The van der Waals surface area contributed by atoms with Gasteiger partial charge in [-0.25, -0.2) is 0 Å². The van der Waals surface area contributed by atoms with Crippen LogP contribution in [0.25, 0.3) is 0 Å². The predicted molar refractivity (Wildman–Crippen MR) is 52.9 cm³/mol. The molecule has 0 spiro atoms. The quantitative estimate of drug-likeness (QED) is 0.566. The van der Waals surface area contributed by atoms with Crippen molar-refractivity contribution in [1.82, 2.24) is 9.80 Å². The lowest BCUT2D eigenvalue weighted by Crippen LogP contribution is -2.44. The maximum absolute atomic E-state index is 11.6. The van der Waals surface area contributed by atoms with E-state index in [2.05, 4.69) is 0 Å². The summed E-state index contributed by atoms with van der Waals surface area (Å²) in [5.74, 6) is 0.104. The van der Waals surface area contributed by atoms with Crippen LogP contribution in [0.2, 0.25) is 0 Å². The number of allylic oxidation sites excluding steroid dienone is 2. The maximum atomic E-state index is 11.6. The van der Waals surface area contributed by atoms with Crippen LogP contribution in [-0.2, 0) is 4.79 Å². The third kappa shape index (κ3) is 1.91. The van der Waals surface area contributed by atoms with Gasteiger partial charge in [-0.05, 0) is 20.0 Å². The standard InChI is InChI=1S/C10H16N2O/c1-4-6-12-8-7-11(3)10(13)9(12)5-2/h4-6H,7-8H2,1-3H3/b6-4-,9-5-. The van der Waals surface area contributed by atoms with Crippen molar-refractivity contribution in [3.63, 3.8) is 0 Å². The highest BCUT2D eigenvalue weighted by atomic mass is 16.2. The Morgan fingerprint density at radius 1 is 1.31 bits per heavy atom. The highest BCUT2D eigenvalue weighted by Crippen LogP contribution is 2.13. The summed E-state index contributed by atoms with van der Waals surface area (Å²) in [7, 11) is 1.83. The van der Waals surface area contributed by atoms with Crippen LogP contribution >= 0.6 is 0 Å². The number of carbonyl (C=O) groups is 1. The fraction of sp³-hybridized carbons (Fsp3) is 0.500. The van der Waals surface area contributed by atoms with Gasteiger partial charge in [-0.3, -0.25) is 4.79 Å². The molecule has 0 N–H and O–H groups in total. The van der Waals surface area contributed by atoms with Crippen molar-refractivity contribution in [1.29, 1.82) is 0 Å². The second-order valence-electron chi connectivity index (χ2n) is 3.08. The Kier molecular flexibility index (Phi) is 3.12. The van der Waals surface area contributed by atoms with E-state index >= 15 is 0 Å². The van der Waals surface area contributed by atoms with Gasteiger partial charge in [0.1, 0.15) is 5.70 Å².